The van der Waals surface area contributed by atoms with Crippen molar-refractivity contribution < 1.29 is 19.1 Å². The molecule has 0 N–H and O–H groups in total. The first-order chi connectivity index (χ1) is 8.59. The van der Waals surface area contributed by atoms with Crippen LogP contribution in [0, 0.1) is 17.3 Å². The van der Waals surface area contributed by atoms with Gasteiger partial charge in [0.25, 0.3) is 0 Å². The van der Waals surface area contributed by atoms with Gasteiger partial charge in [0.15, 0.2) is 0 Å². The average Bonchev–Trinajstić information content (AvgIpc) is 2.65. The third-order valence-corrected chi connectivity index (χ3v) is 4.28. The smallest absolute Gasteiger partial charge is 0.411 e. The maximum absolute atomic E-state index is 12.2. The topological polar surface area (TPSA) is 55.8 Å². The minimum Gasteiger partial charge on any atom is -0.467 e. The van der Waals surface area contributed by atoms with Crippen LogP contribution in [0.1, 0.15) is 34.6 Å². The minimum atomic E-state index is -0.556. The molecule has 0 bridgehead atoms. The lowest BCUT2D eigenvalue weighted by atomic mass is 10.0. The van der Waals surface area contributed by atoms with E-state index in [1.165, 1.54) is 12.0 Å². The molecule has 0 aromatic rings. The Hall–Kier alpha value is -1.26. The van der Waals surface area contributed by atoms with Crippen LogP contribution in [0.15, 0.2) is 0 Å². The molecule has 2 aliphatic rings. The first-order valence-electron chi connectivity index (χ1n) is 6.67. The zero-order chi connectivity index (χ0) is 14.6. The molecule has 2 fully saturated rings. The van der Waals surface area contributed by atoms with Gasteiger partial charge in [0, 0.05) is 12.5 Å². The lowest BCUT2D eigenvalue weighted by Crippen LogP contribution is -2.47. The van der Waals surface area contributed by atoms with E-state index in [0.717, 1.165) is 0 Å². The molecule has 5 nitrogen and oxygen atoms in total. The number of hydrogen-bond acceptors (Lipinski definition) is 4. The number of rotatable bonds is 1. The van der Waals surface area contributed by atoms with E-state index < -0.39 is 17.7 Å². The lowest BCUT2D eigenvalue weighted by molar-refractivity contribution is -0.147. The first kappa shape index (κ1) is 14.2. The molecule has 1 saturated carbocycles. The minimum absolute atomic E-state index is 0.109. The van der Waals surface area contributed by atoms with Crippen LogP contribution >= 0.6 is 0 Å². The summed E-state index contributed by atoms with van der Waals surface area (Å²) in [6, 6.07) is -0.500. The van der Waals surface area contributed by atoms with Crippen molar-refractivity contribution in [3.8, 4) is 0 Å². The van der Waals surface area contributed by atoms with Gasteiger partial charge >= 0.3 is 12.1 Å². The number of fused-ring (bicyclic) bond motifs is 1. The summed E-state index contributed by atoms with van der Waals surface area (Å²) in [5.41, 5.74) is -0.447. The van der Waals surface area contributed by atoms with Crippen LogP contribution in [-0.2, 0) is 14.3 Å². The number of ether oxygens (including phenoxy) is 2. The molecule has 5 heteroatoms. The SMILES string of the molecule is COC(=O)[C@@H]1C2C(CN1C(=O)OC(C)(C)C)C2(C)C. The fourth-order valence-corrected chi connectivity index (χ4v) is 3.18. The van der Waals surface area contributed by atoms with E-state index >= 15 is 0 Å². The fourth-order valence-electron chi connectivity index (χ4n) is 3.18. The van der Waals surface area contributed by atoms with Crippen LogP contribution in [0.2, 0.25) is 0 Å². The molecule has 2 rings (SSSR count). The highest BCUT2D eigenvalue weighted by molar-refractivity contribution is 5.83. The molecule has 0 aromatic heterocycles. The largest absolute Gasteiger partial charge is 0.467 e. The summed E-state index contributed by atoms with van der Waals surface area (Å²) in [5, 5.41) is 0. The van der Waals surface area contributed by atoms with Gasteiger partial charge in [-0.2, -0.15) is 0 Å². The van der Waals surface area contributed by atoms with Gasteiger partial charge in [0.05, 0.1) is 7.11 Å². The van der Waals surface area contributed by atoms with Crippen molar-refractivity contribution in [1.29, 1.82) is 0 Å². The Bertz CT molecular complexity index is 410. The van der Waals surface area contributed by atoms with Crippen LogP contribution in [0.3, 0.4) is 0 Å². The standard InChI is InChI=1S/C14H23NO4/c1-13(2,3)19-12(17)15-7-8-9(14(8,4)5)10(15)11(16)18-6/h8-10H,7H2,1-6H3/t8?,9?,10-/m0/s1. The van der Waals surface area contributed by atoms with E-state index in [1.807, 2.05) is 20.8 Å². The molecule has 1 saturated heterocycles. The molecule has 2 unspecified atom stereocenters. The average molecular weight is 269 g/mol. The molecule has 19 heavy (non-hydrogen) atoms. The number of piperidine rings is 1. The van der Waals surface area contributed by atoms with E-state index in [9.17, 15) is 9.59 Å². The highest BCUT2D eigenvalue weighted by Gasteiger charge is 2.70. The van der Waals surface area contributed by atoms with Gasteiger partial charge in [-0.25, -0.2) is 9.59 Å². The van der Waals surface area contributed by atoms with Crippen LogP contribution in [-0.4, -0.2) is 42.3 Å². The van der Waals surface area contributed by atoms with E-state index in [4.69, 9.17) is 9.47 Å². The molecule has 1 heterocycles. The van der Waals surface area contributed by atoms with Crippen LogP contribution in [0.25, 0.3) is 0 Å². The summed E-state index contributed by atoms with van der Waals surface area (Å²) in [7, 11) is 1.36. The second-order valence-electron chi connectivity index (χ2n) is 7.05. The molecule has 1 amide bonds. The monoisotopic (exact) mass is 269 g/mol. The molecule has 1 aliphatic carbocycles. The van der Waals surface area contributed by atoms with Gasteiger partial charge in [0.2, 0.25) is 0 Å². The summed E-state index contributed by atoms with van der Waals surface area (Å²) >= 11 is 0. The Balaban J connectivity index is 2.14. The molecule has 1 aliphatic heterocycles. The third-order valence-electron chi connectivity index (χ3n) is 4.28. The Morgan fingerprint density at radius 1 is 1.26 bits per heavy atom. The zero-order valence-electron chi connectivity index (χ0n) is 12.5. The summed E-state index contributed by atoms with van der Waals surface area (Å²) < 4.78 is 10.2. The second kappa shape index (κ2) is 4.12. The van der Waals surface area contributed by atoms with Crippen molar-refractivity contribution in [2.45, 2.75) is 46.3 Å². The highest BCUT2D eigenvalue weighted by atomic mass is 16.6. The normalized spacial score (nSPS) is 31.7. The summed E-state index contributed by atoms with van der Waals surface area (Å²) in [6.45, 7) is 10.3. The Morgan fingerprint density at radius 2 is 1.84 bits per heavy atom. The molecule has 0 spiro atoms. The predicted molar refractivity (Wildman–Crippen MR) is 69.5 cm³/mol. The van der Waals surface area contributed by atoms with E-state index in [2.05, 4.69) is 13.8 Å². The molecular formula is C14H23NO4. The van der Waals surface area contributed by atoms with E-state index in [0.29, 0.717) is 12.5 Å². The van der Waals surface area contributed by atoms with Gasteiger partial charge in [-0.15, -0.1) is 0 Å². The maximum Gasteiger partial charge on any atom is 0.411 e. The quantitative estimate of drug-likeness (QED) is 0.684. The maximum atomic E-state index is 12.2. The zero-order valence-corrected chi connectivity index (χ0v) is 12.5. The number of carbonyl (C=O) groups is 2. The van der Waals surface area contributed by atoms with Crippen molar-refractivity contribution in [3.63, 3.8) is 0 Å². The van der Waals surface area contributed by atoms with Gasteiger partial charge in [-0.1, -0.05) is 13.8 Å². The van der Waals surface area contributed by atoms with Crippen molar-refractivity contribution in [3.05, 3.63) is 0 Å². The summed E-state index contributed by atoms with van der Waals surface area (Å²) in [4.78, 5) is 25.6. The van der Waals surface area contributed by atoms with Gasteiger partial charge < -0.3 is 9.47 Å². The molecule has 0 radical (unpaired) electrons. The van der Waals surface area contributed by atoms with Gasteiger partial charge in [-0.05, 0) is 32.1 Å². The number of esters is 1. The summed E-state index contributed by atoms with van der Waals surface area (Å²) in [6.07, 6.45) is -0.425. The Labute approximate surface area is 114 Å². The van der Waals surface area contributed by atoms with E-state index in [-0.39, 0.29) is 17.3 Å². The Kier molecular flexibility index (Phi) is 3.07. The summed E-state index contributed by atoms with van der Waals surface area (Å²) in [5.74, 6) is 0.209. The molecule has 3 atom stereocenters. The number of amides is 1. The molecular weight excluding hydrogens is 246 g/mol. The number of methoxy groups -OCH3 is 1. The van der Waals surface area contributed by atoms with Crippen molar-refractivity contribution >= 4 is 12.1 Å². The predicted octanol–water partition coefficient (Wildman–Crippen LogP) is 2.05. The fraction of sp³-hybridized carbons (Fsp3) is 0.857. The van der Waals surface area contributed by atoms with E-state index in [1.54, 1.807) is 0 Å². The van der Waals surface area contributed by atoms with Crippen molar-refractivity contribution in [2.24, 2.45) is 17.3 Å². The number of nitrogens with zero attached hydrogens (tertiary/aromatic N) is 1. The van der Waals surface area contributed by atoms with Gasteiger partial charge in [0.1, 0.15) is 11.6 Å². The molecule has 0 aromatic carbocycles. The van der Waals surface area contributed by atoms with Crippen molar-refractivity contribution in [1.82, 2.24) is 4.90 Å². The third kappa shape index (κ3) is 2.30. The highest BCUT2D eigenvalue weighted by Crippen LogP contribution is 2.65. The number of hydrogen-bond donors (Lipinski definition) is 0. The lowest BCUT2D eigenvalue weighted by Gasteiger charge is -2.31. The van der Waals surface area contributed by atoms with Crippen LogP contribution < -0.4 is 0 Å². The van der Waals surface area contributed by atoms with Gasteiger partial charge in [-0.3, -0.25) is 4.90 Å². The Morgan fingerprint density at radius 3 is 2.32 bits per heavy atom. The first-order valence-corrected chi connectivity index (χ1v) is 6.67. The second-order valence-corrected chi connectivity index (χ2v) is 7.05. The molecule has 108 valence electrons. The van der Waals surface area contributed by atoms with Crippen molar-refractivity contribution in [2.75, 3.05) is 13.7 Å². The number of carbonyl (C=O) groups excluding carboxylic acids is 2. The number of likely N-dealkylation sites (tertiary alicyclic amines) is 1. The van der Waals surface area contributed by atoms with Crippen LogP contribution in [0.5, 0.6) is 0 Å². The van der Waals surface area contributed by atoms with Crippen LogP contribution in [0.4, 0.5) is 4.79 Å².